The quantitative estimate of drug-likeness (QED) is 0.608. The first-order valence-corrected chi connectivity index (χ1v) is 9.93. The first kappa shape index (κ1) is 21.2. The molecule has 0 aliphatic heterocycles. The van der Waals surface area contributed by atoms with Gasteiger partial charge in [0.15, 0.2) is 6.10 Å². The second kappa shape index (κ2) is 9.35. The average molecular weight is 407 g/mol. The lowest BCUT2D eigenvalue weighted by molar-refractivity contribution is -0.153. The summed E-state index contributed by atoms with van der Waals surface area (Å²) in [6, 6.07) is 14.6. The van der Waals surface area contributed by atoms with E-state index < -0.39 is 18.0 Å². The summed E-state index contributed by atoms with van der Waals surface area (Å²) in [6.07, 6.45) is 0.237. The van der Waals surface area contributed by atoms with Gasteiger partial charge < -0.3 is 10.1 Å². The molecule has 30 heavy (non-hydrogen) atoms. The topological polar surface area (TPSA) is 90.3 Å². The number of nitrogens with one attached hydrogen (secondary N) is 1. The number of aromatic nitrogens is 2. The third kappa shape index (κ3) is 4.92. The number of para-hydroxylation sites is 1. The summed E-state index contributed by atoms with van der Waals surface area (Å²) >= 11 is 0. The van der Waals surface area contributed by atoms with E-state index in [2.05, 4.69) is 17.2 Å². The number of aryl methyl sites for hydroxylation is 2. The lowest BCUT2D eigenvalue weighted by atomic mass is 10.1. The molecule has 1 N–H and O–H groups in total. The summed E-state index contributed by atoms with van der Waals surface area (Å²) in [5.74, 6) is -0.436. The molecule has 7 heteroatoms. The Labute approximate surface area is 174 Å². The minimum absolute atomic E-state index is 0.0153. The fourth-order valence-corrected chi connectivity index (χ4v) is 3.08. The molecule has 156 valence electrons. The molecule has 0 saturated carbocycles. The van der Waals surface area contributed by atoms with Gasteiger partial charge in [-0.1, -0.05) is 31.2 Å². The van der Waals surface area contributed by atoms with Gasteiger partial charge in [-0.05, 0) is 43.2 Å². The maximum atomic E-state index is 12.4. The Morgan fingerprint density at radius 1 is 1.13 bits per heavy atom. The normalized spacial score (nSPS) is 11.8. The molecule has 7 nitrogen and oxygen atoms in total. The van der Waals surface area contributed by atoms with E-state index in [9.17, 15) is 14.4 Å². The summed E-state index contributed by atoms with van der Waals surface area (Å²) in [5, 5.41) is 3.27. The van der Waals surface area contributed by atoms with Crippen LogP contribution in [0.2, 0.25) is 0 Å². The Kier molecular flexibility index (Phi) is 6.61. The minimum atomic E-state index is -0.934. The molecule has 0 aliphatic carbocycles. The number of nitrogens with zero attached hydrogens (tertiary/aromatic N) is 2. The third-order valence-electron chi connectivity index (χ3n) is 4.94. The van der Waals surface area contributed by atoms with Crippen molar-refractivity contribution < 1.29 is 14.3 Å². The van der Waals surface area contributed by atoms with Gasteiger partial charge >= 0.3 is 5.97 Å². The van der Waals surface area contributed by atoms with Crippen LogP contribution in [0.3, 0.4) is 0 Å². The van der Waals surface area contributed by atoms with E-state index in [1.807, 2.05) is 30.3 Å². The predicted molar refractivity (Wildman–Crippen MR) is 115 cm³/mol. The van der Waals surface area contributed by atoms with E-state index in [-0.39, 0.29) is 18.4 Å². The van der Waals surface area contributed by atoms with Gasteiger partial charge in [0.25, 0.3) is 11.5 Å². The Morgan fingerprint density at radius 3 is 2.53 bits per heavy atom. The molecule has 0 bridgehead atoms. The van der Waals surface area contributed by atoms with Crippen molar-refractivity contribution >= 4 is 28.5 Å². The molecule has 1 aromatic heterocycles. The molecule has 0 unspecified atom stereocenters. The summed E-state index contributed by atoms with van der Waals surface area (Å²) in [7, 11) is 1.63. The summed E-state index contributed by atoms with van der Waals surface area (Å²) in [5.41, 5.74) is 2.25. The van der Waals surface area contributed by atoms with E-state index in [1.165, 1.54) is 17.1 Å². The SMILES string of the molecule is CCc1ccc(NC(=O)[C@H](C)OC(=O)CCc2nc3ccccc3c(=O)n2C)cc1. The van der Waals surface area contributed by atoms with Crippen LogP contribution in [0, 0.1) is 0 Å². The molecule has 0 saturated heterocycles. The Hall–Kier alpha value is -3.48. The van der Waals surface area contributed by atoms with Gasteiger partial charge in [-0.3, -0.25) is 19.0 Å². The largest absolute Gasteiger partial charge is 0.453 e. The van der Waals surface area contributed by atoms with E-state index in [4.69, 9.17) is 4.74 Å². The maximum absolute atomic E-state index is 12.4. The molecule has 0 radical (unpaired) electrons. The molecule has 2 aromatic carbocycles. The second-order valence-electron chi connectivity index (χ2n) is 7.08. The molecule has 0 spiro atoms. The molecule has 0 fully saturated rings. The molecule has 1 heterocycles. The van der Waals surface area contributed by atoms with Crippen molar-refractivity contribution in [3.05, 3.63) is 70.3 Å². The second-order valence-corrected chi connectivity index (χ2v) is 7.08. The molecule has 3 aromatic rings. The lowest BCUT2D eigenvalue weighted by Crippen LogP contribution is -2.30. The third-order valence-corrected chi connectivity index (χ3v) is 4.94. The van der Waals surface area contributed by atoms with Crippen LogP contribution in [-0.4, -0.2) is 27.5 Å². The number of rotatable bonds is 7. The zero-order chi connectivity index (χ0) is 21.7. The van der Waals surface area contributed by atoms with Gasteiger partial charge in [-0.2, -0.15) is 0 Å². The smallest absolute Gasteiger partial charge is 0.307 e. The number of hydrogen-bond donors (Lipinski definition) is 1. The number of fused-ring (bicyclic) bond motifs is 1. The van der Waals surface area contributed by atoms with Crippen LogP contribution < -0.4 is 10.9 Å². The predicted octanol–water partition coefficient (Wildman–Crippen LogP) is 3.00. The van der Waals surface area contributed by atoms with Crippen molar-refractivity contribution in [1.82, 2.24) is 9.55 Å². The number of amides is 1. The van der Waals surface area contributed by atoms with E-state index in [1.54, 1.807) is 25.2 Å². The Bertz CT molecular complexity index is 1120. The number of esters is 1. The zero-order valence-electron chi connectivity index (χ0n) is 17.3. The van der Waals surface area contributed by atoms with E-state index in [0.29, 0.717) is 22.4 Å². The Morgan fingerprint density at radius 2 is 1.83 bits per heavy atom. The summed E-state index contributed by atoms with van der Waals surface area (Å²) < 4.78 is 6.68. The molecule has 3 rings (SSSR count). The fraction of sp³-hybridized carbons (Fsp3) is 0.304. The molecular formula is C23H25N3O4. The van der Waals surface area contributed by atoms with Crippen molar-refractivity contribution in [2.45, 2.75) is 39.2 Å². The maximum Gasteiger partial charge on any atom is 0.307 e. The lowest BCUT2D eigenvalue weighted by Gasteiger charge is -2.14. The molecule has 1 amide bonds. The van der Waals surface area contributed by atoms with Gasteiger partial charge in [0.05, 0.1) is 17.3 Å². The first-order valence-electron chi connectivity index (χ1n) is 9.93. The highest BCUT2D eigenvalue weighted by atomic mass is 16.5. The summed E-state index contributed by atoms with van der Waals surface area (Å²) in [6.45, 7) is 3.58. The minimum Gasteiger partial charge on any atom is -0.453 e. The number of benzene rings is 2. The van der Waals surface area contributed by atoms with Gasteiger partial charge in [-0.25, -0.2) is 4.98 Å². The van der Waals surface area contributed by atoms with Crippen molar-refractivity contribution in [2.24, 2.45) is 7.05 Å². The van der Waals surface area contributed by atoms with Crippen LogP contribution in [0.1, 0.15) is 31.7 Å². The van der Waals surface area contributed by atoms with E-state index >= 15 is 0 Å². The fourth-order valence-electron chi connectivity index (χ4n) is 3.08. The number of carbonyl (C=O) groups is 2. The highest BCUT2D eigenvalue weighted by Crippen LogP contribution is 2.12. The number of anilines is 1. The summed E-state index contributed by atoms with van der Waals surface area (Å²) in [4.78, 5) is 41.4. The van der Waals surface area contributed by atoms with Crippen LogP contribution in [0.25, 0.3) is 10.9 Å². The zero-order valence-corrected chi connectivity index (χ0v) is 17.3. The van der Waals surface area contributed by atoms with Crippen LogP contribution in [-0.2, 0) is 34.2 Å². The van der Waals surface area contributed by atoms with Crippen molar-refractivity contribution in [3.63, 3.8) is 0 Å². The molecule has 0 aliphatic rings. The molecular weight excluding hydrogens is 382 g/mol. The monoisotopic (exact) mass is 407 g/mol. The average Bonchev–Trinajstić information content (AvgIpc) is 2.75. The number of ether oxygens (including phenoxy) is 1. The highest BCUT2D eigenvalue weighted by Gasteiger charge is 2.18. The number of carbonyl (C=O) groups excluding carboxylic acids is 2. The standard InChI is InChI=1S/C23H25N3O4/c1-4-16-9-11-17(12-10-16)24-22(28)15(2)30-21(27)14-13-20-25-19-8-6-5-7-18(19)23(29)26(20)3/h5-12,15H,4,13-14H2,1-3H3,(H,24,28)/t15-/m0/s1. The van der Waals surface area contributed by atoms with Crippen LogP contribution in [0.5, 0.6) is 0 Å². The molecule has 1 atom stereocenters. The van der Waals surface area contributed by atoms with Gasteiger partial charge in [0.2, 0.25) is 0 Å². The first-order chi connectivity index (χ1) is 14.4. The number of hydrogen-bond acceptors (Lipinski definition) is 5. The van der Waals surface area contributed by atoms with Crippen molar-refractivity contribution in [1.29, 1.82) is 0 Å². The van der Waals surface area contributed by atoms with Crippen LogP contribution >= 0.6 is 0 Å². The van der Waals surface area contributed by atoms with Crippen LogP contribution in [0.15, 0.2) is 53.3 Å². The Balaban J connectivity index is 1.57. The van der Waals surface area contributed by atoms with E-state index in [0.717, 1.165) is 6.42 Å². The van der Waals surface area contributed by atoms with Gasteiger partial charge in [0.1, 0.15) is 5.82 Å². The van der Waals surface area contributed by atoms with Gasteiger partial charge in [0, 0.05) is 19.2 Å². The van der Waals surface area contributed by atoms with Crippen molar-refractivity contribution in [2.75, 3.05) is 5.32 Å². The highest BCUT2D eigenvalue weighted by molar-refractivity contribution is 5.95. The van der Waals surface area contributed by atoms with Crippen LogP contribution in [0.4, 0.5) is 5.69 Å². The van der Waals surface area contributed by atoms with Crippen molar-refractivity contribution in [3.8, 4) is 0 Å². The van der Waals surface area contributed by atoms with Gasteiger partial charge in [-0.15, -0.1) is 0 Å².